The van der Waals surface area contributed by atoms with Gasteiger partial charge in [0.1, 0.15) is 0 Å². The summed E-state index contributed by atoms with van der Waals surface area (Å²) in [5, 5.41) is 9.47. The highest BCUT2D eigenvalue weighted by atomic mass is 32.2. The third kappa shape index (κ3) is 4.93. The maximum atomic E-state index is 12.9. The van der Waals surface area contributed by atoms with Gasteiger partial charge in [-0.25, -0.2) is 8.42 Å². The molecule has 1 fully saturated rings. The lowest BCUT2D eigenvalue weighted by Gasteiger charge is -2.40. The first-order valence-corrected chi connectivity index (χ1v) is 12.7. The van der Waals surface area contributed by atoms with Crippen LogP contribution >= 0.6 is 0 Å². The summed E-state index contributed by atoms with van der Waals surface area (Å²) in [5.74, 6) is -0.140. The Morgan fingerprint density at radius 3 is 2.38 bits per heavy atom. The Bertz CT molecular complexity index is 1340. The molecule has 0 spiro atoms. The fourth-order valence-corrected chi connectivity index (χ4v) is 5.25. The van der Waals surface area contributed by atoms with Gasteiger partial charge in [-0.3, -0.25) is 14.7 Å². The van der Waals surface area contributed by atoms with Crippen LogP contribution in [0.25, 0.3) is 0 Å². The van der Waals surface area contributed by atoms with Crippen LogP contribution in [0.2, 0.25) is 0 Å². The third-order valence-corrected chi connectivity index (χ3v) is 7.09. The molecule has 34 heavy (non-hydrogen) atoms. The molecule has 0 saturated carbocycles. The lowest BCUT2D eigenvalue weighted by molar-refractivity contribution is 0.0595. The van der Waals surface area contributed by atoms with Crippen molar-refractivity contribution in [3.8, 4) is 6.07 Å². The lowest BCUT2D eigenvalue weighted by Crippen LogP contribution is -2.50. The quantitative estimate of drug-likeness (QED) is 0.602. The van der Waals surface area contributed by atoms with Crippen LogP contribution in [0.4, 0.5) is 5.69 Å². The molecule has 9 heteroatoms. The molecule has 0 radical (unpaired) electrons. The Hall–Kier alpha value is -3.74. The fourth-order valence-electron chi connectivity index (χ4n) is 4.33. The van der Waals surface area contributed by atoms with E-state index in [0.717, 1.165) is 5.56 Å². The van der Waals surface area contributed by atoms with E-state index in [1.54, 1.807) is 17.0 Å². The van der Waals surface area contributed by atoms with Gasteiger partial charge in [0.2, 0.25) is 0 Å². The number of nitrogens with two attached hydrogens (primary N) is 1. The highest BCUT2D eigenvalue weighted by Crippen LogP contribution is 2.34. The number of piperazine rings is 1. The number of nitriles is 1. The van der Waals surface area contributed by atoms with Crippen LogP contribution in [-0.2, 0) is 9.84 Å². The molecule has 2 N–H and O–H groups in total. The molecule has 4 rings (SSSR count). The highest BCUT2D eigenvalue weighted by Gasteiger charge is 2.31. The summed E-state index contributed by atoms with van der Waals surface area (Å²) in [5.41, 5.74) is 8.52. The highest BCUT2D eigenvalue weighted by molar-refractivity contribution is 7.90. The first-order chi connectivity index (χ1) is 16.3. The van der Waals surface area contributed by atoms with Crippen molar-refractivity contribution in [2.75, 3.05) is 38.2 Å². The van der Waals surface area contributed by atoms with Gasteiger partial charge < -0.3 is 10.6 Å². The normalized spacial score (nSPS) is 15.5. The van der Waals surface area contributed by atoms with E-state index in [0.29, 0.717) is 48.6 Å². The largest absolute Gasteiger partial charge is 0.397 e. The number of hydrogen-bond donors (Lipinski definition) is 1. The van der Waals surface area contributed by atoms with Crippen molar-refractivity contribution in [1.82, 2.24) is 14.8 Å². The van der Waals surface area contributed by atoms with Crippen LogP contribution in [0.15, 0.2) is 71.9 Å². The van der Waals surface area contributed by atoms with Crippen molar-refractivity contribution >= 4 is 21.4 Å². The second-order valence-corrected chi connectivity index (χ2v) is 10.3. The number of amides is 1. The fraction of sp³-hybridized carbons (Fsp3) is 0.240. The molecule has 1 amide bonds. The molecule has 1 saturated heterocycles. The van der Waals surface area contributed by atoms with E-state index >= 15 is 0 Å². The van der Waals surface area contributed by atoms with E-state index in [9.17, 15) is 18.5 Å². The van der Waals surface area contributed by atoms with Gasteiger partial charge in [0.05, 0.1) is 33.8 Å². The summed E-state index contributed by atoms with van der Waals surface area (Å²) in [6, 6.07) is 17.6. The van der Waals surface area contributed by atoms with Crippen molar-refractivity contribution < 1.29 is 13.2 Å². The van der Waals surface area contributed by atoms with Crippen LogP contribution in [0.5, 0.6) is 0 Å². The number of benzene rings is 2. The first kappa shape index (κ1) is 23.4. The monoisotopic (exact) mass is 475 g/mol. The smallest absolute Gasteiger partial charge is 0.255 e. The Balaban J connectivity index is 1.68. The molecule has 174 valence electrons. The predicted octanol–water partition coefficient (Wildman–Crippen LogP) is 2.49. The maximum Gasteiger partial charge on any atom is 0.255 e. The van der Waals surface area contributed by atoms with Gasteiger partial charge in [0, 0.05) is 44.8 Å². The molecule has 1 unspecified atom stereocenters. The second-order valence-electron chi connectivity index (χ2n) is 8.28. The Morgan fingerprint density at radius 2 is 1.76 bits per heavy atom. The summed E-state index contributed by atoms with van der Waals surface area (Å²) in [6.07, 6.45) is 4.17. The standard InChI is InChI=1S/C25H25N5O3S/c1-34(32,33)23-8-7-18(15-26)13-22(23)24(19-5-3-2-4-6-19)29-9-11-30(12-10-29)25(31)20-14-21(27)17-28-16-20/h2-8,13-14,16-17,24H,9-12,27H2,1H3. The summed E-state index contributed by atoms with van der Waals surface area (Å²) in [6.45, 7) is 1.98. The number of aromatic nitrogens is 1. The Kier molecular flexibility index (Phi) is 6.63. The molecule has 3 aromatic rings. The van der Waals surface area contributed by atoms with Gasteiger partial charge in [0.15, 0.2) is 9.84 Å². The van der Waals surface area contributed by atoms with Crippen molar-refractivity contribution in [3.05, 3.63) is 89.2 Å². The number of anilines is 1. The number of carbonyl (C=O) groups excluding carboxylic acids is 1. The molecule has 0 bridgehead atoms. The number of carbonyl (C=O) groups is 1. The first-order valence-electron chi connectivity index (χ1n) is 10.8. The number of hydrogen-bond acceptors (Lipinski definition) is 7. The summed E-state index contributed by atoms with van der Waals surface area (Å²) < 4.78 is 25.3. The minimum atomic E-state index is -3.53. The molecule has 2 aromatic carbocycles. The minimum Gasteiger partial charge on any atom is -0.397 e. The molecule has 0 aliphatic carbocycles. The van der Waals surface area contributed by atoms with Crippen molar-refractivity contribution in [2.24, 2.45) is 0 Å². The molecule has 1 aliphatic heterocycles. The van der Waals surface area contributed by atoms with E-state index in [-0.39, 0.29) is 16.8 Å². The van der Waals surface area contributed by atoms with E-state index in [4.69, 9.17) is 5.73 Å². The van der Waals surface area contributed by atoms with Crippen molar-refractivity contribution in [3.63, 3.8) is 0 Å². The van der Waals surface area contributed by atoms with Gasteiger partial charge >= 0.3 is 0 Å². The zero-order valence-corrected chi connectivity index (χ0v) is 19.6. The molecule has 2 heterocycles. The van der Waals surface area contributed by atoms with Crippen molar-refractivity contribution in [1.29, 1.82) is 5.26 Å². The minimum absolute atomic E-state index is 0.140. The predicted molar refractivity (Wildman–Crippen MR) is 129 cm³/mol. The zero-order valence-electron chi connectivity index (χ0n) is 18.8. The molecular formula is C25H25N5O3S. The average Bonchev–Trinajstić information content (AvgIpc) is 2.84. The van der Waals surface area contributed by atoms with E-state index in [2.05, 4.69) is 16.0 Å². The van der Waals surface area contributed by atoms with Crippen molar-refractivity contribution in [2.45, 2.75) is 10.9 Å². The third-order valence-electron chi connectivity index (χ3n) is 5.92. The summed E-state index contributed by atoms with van der Waals surface area (Å²) in [4.78, 5) is 21.0. The Labute approximate surface area is 199 Å². The average molecular weight is 476 g/mol. The number of rotatable bonds is 5. The molecule has 1 aliphatic rings. The molecule has 8 nitrogen and oxygen atoms in total. The van der Waals surface area contributed by atoms with Gasteiger partial charge in [-0.05, 0) is 35.4 Å². The van der Waals surface area contributed by atoms with Crippen LogP contribution in [-0.4, -0.2) is 61.5 Å². The lowest BCUT2D eigenvalue weighted by atomic mass is 9.95. The molecule has 1 aromatic heterocycles. The SMILES string of the molecule is CS(=O)(=O)c1ccc(C#N)cc1C(c1ccccc1)N1CCN(C(=O)c2cncc(N)c2)CC1. The topological polar surface area (TPSA) is 120 Å². The van der Waals surface area contributed by atoms with Crippen LogP contribution in [0.3, 0.4) is 0 Å². The second kappa shape index (κ2) is 9.63. The number of pyridine rings is 1. The van der Waals surface area contributed by atoms with Gasteiger partial charge in [-0.1, -0.05) is 30.3 Å². The number of nitrogen functional groups attached to an aromatic ring is 1. The van der Waals surface area contributed by atoms with E-state index in [1.165, 1.54) is 30.8 Å². The Morgan fingerprint density at radius 1 is 1.06 bits per heavy atom. The van der Waals surface area contributed by atoms with E-state index in [1.807, 2.05) is 30.3 Å². The zero-order chi connectivity index (χ0) is 24.3. The van der Waals surface area contributed by atoms with Gasteiger partial charge in [-0.2, -0.15) is 5.26 Å². The maximum absolute atomic E-state index is 12.9. The van der Waals surface area contributed by atoms with Gasteiger partial charge in [-0.15, -0.1) is 0 Å². The van der Waals surface area contributed by atoms with Crippen LogP contribution in [0, 0.1) is 11.3 Å². The number of nitrogens with zero attached hydrogens (tertiary/aromatic N) is 4. The summed E-state index contributed by atoms with van der Waals surface area (Å²) in [7, 11) is -3.53. The number of sulfone groups is 1. The molecular weight excluding hydrogens is 450 g/mol. The van der Waals surface area contributed by atoms with Gasteiger partial charge in [0.25, 0.3) is 5.91 Å². The van der Waals surface area contributed by atoms with Crippen LogP contribution in [0.1, 0.15) is 33.1 Å². The molecule has 1 atom stereocenters. The van der Waals surface area contributed by atoms with E-state index < -0.39 is 9.84 Å². The van der Waals surface area contributed by atoms with Crippen LogP contribution < -0.4 is 5.73 Å². The summed E-state index contributed by atoms with van der Waals surface area (Å²) >= 11 is 0.